The molecule has 0 spiro atoms. The summed E-state index contributed by atoms with van der Waals surface area (Å²) in [6.07, 6.45) is 10.4. The van der Waals surface area contributed by atoms with E-state index in [1.807, 2.05) is 19.9 Å². The highest BCUT2D eigenvalue weighted by molar-refractivity contribution is 5.69. The van der Waals surface area contributed by atoms with E-state index in [1.165, 1.54) is 11.1 Å². The van der Waals surface area contributed by atoms with Crippen LogP contribution in [0.4, 0.5) is 0 Å². The van der Waals surface area contributed by atoms with E-state index < -0.39 is 6.10 Å². The summed E-state index contributed by atoms with van der Waals surface area (Å²) in [5.74, 6) is 7.66. The van der Waals surface area contributed by atoms with Gasteiger partial charge >= 0.3 is 5.97 Å². The Morgan fingerprint density at radius 2 is 2.09 bits per heavy atom. The summed E-state index contributed by atoms with van der Waals surface area (Å²) in [5, 5.41) is 10.5. The van der Waals surface area contributed by atoms with Crippen molar-refractivity contribution < 1.29 is 24.1 Å². The summed E-state index contributed by atoms with van der Waals surface area (Å²) < 4.78 is 16.7. The van der Waals surface area contributed by atoms with Crippen molar-refractivity contribution in [1.82, 2.24) is 0 Å². The van der Waals surface area contributed by atoms with Crippen LogP contribution >= 0.6 is 0 Å². The van der Waals surface area contributed by atoms with Gasteiger partial charge in [-0.25, -0.2) is 0 Å². The van der Waals surface area contributed by atoms with Crippen LogP contribution in [0.3, 0.4) is 0 Å². The van der Waals surface area contributed by atoms with Gasteiger partial charge in [0.2, 0.25) is 0 Å². The van der Waals surface area contributed by atoms with E-state index in [2.05, 4.69) is 36.1 Å². The highest BCUT2D eigenvalue weighted by Gasteiger charge is 2.44. The summed E-state index contributed by atoms with van der Waals surface area (Å²) >= 11 is 0. The SMILES string of the molecule is CC#CCC(C)C(O)/C=C/C1CCC2Oc3c(CCCC(=O)OCCCCOC)cccc3C12. The fourth-order valence-corrected chi connectivity index (χ4v) is 4.99. The molecule has 2 aliphatic rings. The van der Waals surface area contributed by atoms with Gasteiger partial charge in [0.15, 0.2) is 0 Å². The summed E-state index contributed by atoms with van der Waals surface area (Å²) in [5.41, 5.74) is 2.45. The van der Waals surface area contributed by atoms with Crippen molar-refractivity contribution in [2.75, 3.05) is 20.3 Å². The molecule has 34 heavy (non-hydrogen) atoms. The minimum Gasteiger partial charge on any atom is -0.489 e. The molecule has 1 aromatic carbocycles. The molecule has 1 fully saturated rings. The lowest BCUT2D eigenvalue weighted by atomic mass is 9.86. The van der Waals surface area contributed by atoms with Crippen LogP contribution in [0.1, 0.15) is 75.8 Å². The number of para-hydroxylation sites is 1. The molecule has 1 aliphatic carbocycles. The van der Waals surface area contributed by atoms with E-state index in [-0.39, 0.29) is 18.0 Å². The zero-order valence-corrected chi connectivity index (χ0v) is 20.9. The van der Waals surface area contributed by atoms with Gasteiger partial charge in [-0.2, -0.15) is 0 Å². The van der Waals surface area contributed by atoms with Gasteiger partial charge in [-0.15, -0.1) is 11.8 Å². The number of ether oxygens (including phenoxy) is 3. The molecule has 3 rings (SSSR count). The molecule has 1 aromatic rings. The second kappa shape index (κ2) is 13.6. The molecule has 0 radical (unpaired) electrons. The Morgan fingerprint density at radius 3 is 2.88 bits per heavy atom. The highest BCUT2D eigenvalue weighted by atomic mass is 16.5. The van der Waals surface area contributed by atoms with Gasteiger partial charge in [0, 0.05) is 38.0 Å². The van der Waals surface area contributed by atoms with Crippen molar-refractivity contribution in [2.24, 2.45) is 11.8 Å². The maximum atomic E-state index is 12.0. The largest absolute Gasteiger partial charge is 0.489 e. The second-order valence-electron chi connectivity index (χ2n) is 9.52. The van der Waals surface area contributed by atoms with E-state index in [0.717, 1.165) is 44.3 Å². The zero-order valence-electron chi connectivity index (χ0n) is 20.9. The van der Waals surface area contributed by atoms with Crippen LogP contribution in [0.15, 0.2) is 30.4 Å². The van der Waals surface area contributed by atoms with E-state index in [4.69, 9.17) is 14.2 Å². The first-order valence-corrected chi connectivity index (χ1v) is 12.7. The van der Waals surface area contributed by atoms with Crippen LogP contribution in [0, 0.1) is 23.7 Å². The monoisotopic (exact) mass is 468 g/mol. The third-order valence-corrected chi connectivity index (χ3v) is 6.97. The van der Waals surface area contributed by atoms with Gasteiger partial charge in [0.25, 0.3) is 0 Å². The predicted molar refractivity (Wildman–Crippen MR) is 134 cm³/mol. The first kappa shape index (κ1) is 26.3. The number of carbonyl (C=O) groups is 1. The number of hydrogen-bond donors (Lipinski definition) is 1. The normalized spacial score (nSPS) is 22.4. The number of hydrogen-bond acceptors (Lipinski definition) is 5. The first-order chi connectivity index (χ1) is 16.5. The summed E-state index contributed by atoms with van der Waals surface area (Å²) in [6, 6.07) is 6.40. The molecule has 5 heteroatoms. The molecule has 5 unspecified atom stereocenters. The van der Waals surface area contributed by atoms with E-state index in [1.54, 1.807) is 7.11 Å². The third kappa shape index (κ3) is 7.10. The quantitative estimate of drug-likeness (QED) is 0.187. The van der Waals surface area contributed by atoms with Crippen molar-refractivity contribution in [3.05, 3.63) is 41.5 Å². The minimum atomic E-state index is -0.479. The van der Waals surface area contributed by atoms with Crippen LogP contribution < -0.4 is 4.74 Å². The Kier molecular flexibility index (Phi) is 10.5. The Hall–Kier alpha value is -2.29. The molecule has 0 aromatic heterocycles. The Balaban J connectivity index is 1.53. The minimum absolute atomic E-state index is 0.122. The molecule has 1 heterocycles. The van der Waals surface area contributed by atoms with Crippen molar-refractivity contribution >= 4 is 5.97 Å². The van der Waals surface area contributed by atoms with Gasteiger partial charge in [0.05, 0.1) is 12.7 Å². The average molecular weight is 469 g/mol. The Labute approximate surface area is 204 Å². The van der Waals surface area contributed by atoms with Crippen LogP contribution in [-0.4, -0.2) is 43.6 Å². The van der Waals surface area contributed by atoms with E-state index >= 15 is 0 Å². The molecule has 0 bridgehead atoms. The maximum Gasteiger partial charge on any atom is 0.305 e. The number of methoxy groups -OCH3 is 1. The summed E-state index contributed by atoms with van der Waals surface area (Å²) in [6.45, 7) is 5.03. The Bertz CT molecular complexity index is 880. The fourth-order valence-electron chi connectivity index (χ4n) is 4.99. The number of aliphatic hydroxyl groups excluding tert-OH is 1. The van der Waals surface area contributed by atoms with Gasteiger partial charge < -0.3 is 19.3 Å². The van der Waals surface area contributed by atoms with Crippen LogP contribution in [0.5, 0.6) is 5.75 Å². The smallest absolute Gasteiger partial charge is 0.305 e. The molecule has 0 amide bonds. The van der Waals surface area contributed by atoms with Crippen LogP contribution in [0.2, 0.25) is 0 Å². The van der Waals surface area contributed by atoms with Crippen LogP contribution in [-0.2, 0) is 20.7 Å². The molecule has 1 N–H and O–H groups in total. The van der Waals surface area contributed by atoms with Crippen molar-refractivity contribution in [3.63, 3.8) is 0 Å². The molecule has 5 nitrogen and oxygen atoms in total. The highest BCUT2D eigenvalue weighted by Crippen LogP contribution is 2.51. The van der Waals surface area contributed by atoms with E-state index in [9.17, 15) is 9.90 Å². The van der Waals surface area contributed by atoms with Crippen LogP contribution in [0.25, 0.3) is 0 Å². The average Bonchev–Trinajstić information content (AvgIpc) is 3.41. The lowest BCUT2D eigenvalue weighted by molar-refractivity contribution is -0.143. The lowest BCUT2D eigenvalue weighted by Gasteiger charge is -2.17. The van der Waals surface area contributed by atoms with E-state index in [0.29, 0.717) is 37.9 Å². The standard InChI is InChI=1S/C29H40O5/c1-4-5-10-21(2)25(30)17-15-22-16-18-26-28(22)24-13-8-11-23(29(24)34-26)12-9-14-27(31)33-20-7-6-19-32-3/h8,11,13,15,17,21-22,25-26,28,30H,6-7,9-10,12,14,16,18-20H2,1-3H3/b17-15+. The summed E-state index contributed by atoms with van der Waals surface area (Å²) in [4.78, 5) is 12.0. The molecule has 186 valence electrons. The molecular weight excluding hydrogens is 428 g/mol. The number of aryl methyl sites for hydroxylation is 1. The lowest BCUT2D eigenvalue weighted by Crippen LogP contribution is -2.17. The number of carbonyl (C=O) groups excluding carboxylic acids is 1. The number of aliphatic hydroxyl groups is 1. The van der Waals surface area contributed by atoms with Crippen molar-refractivity contribution in [3.8, 4) is 17.6 Å². The van der Waals surface area contributed by atoms with Gasteiger partial charge in [0.1, 0.15) is 11.9 Å². The number of fused-ring (bicyclic) bond motifs is 3. The van der Waals surface area contributed by atoms with Crippen molar-refractivity contribution in [1.29, 1.82) is 0 Å². The van der Waals surface area contributed by atoms with Gasteiger partial charge in [-0.1, -0.05) is 37.3 Å². The molecule has 1 saturated carbocycles. The second-order valence-corrected chi connectivity index (χ2v) is 9.52. The molecule has 1 aliphatic heterocycles. The molecule has 5 atom stereocenters. The fraction of sp³-hybridized carbons (Fsp3) is 0.621. The summed E-state index contributed by atoms with van der Waals surface area (Å²) in [7, 11) is 1.68. The number of unbranched alkanes of at least 4 members (excludes halogenated alkanes) is 1. The predicted octanol–water partition coefficient (Wildman–Crippen LogP) is 5.20. The first-order valence-electron chi connectivity index (χ1n) is 12.7. The molecule has 0 saturated heterocycles. The maximum absolute atomic E-state index is 12.0. The van der Waals surface area contributed by atoms with Gasteiger partial charge in [-0.3, -0.25) is 4.79 Å². The Morgan fingerprint density at radius 1 is 1.26 bits per heavy atom. The number of rotatable bonds is 13. The number of benzene rings is 1. The number of esters is 1. The molecular formula is C29H40O5. The van der Waals surface area contributed by atoms with Crippen molar-refractivity contribution in [2.45, 2.75) is 83.3 Å². The van der Waals surface area contributed by atoms with Gasteiger partial charge in [-0.05, 0) is 62.8 Å². The third-order valence-electron chi connectivity index (χ3n) is 6.97. The number of allylic oxidation sites excluding steroid dienone is 1. The zero-order chi connectivity index (χ0) is 24.3. The topological polar surface area (TPSA) is 65.0 Å².